The topological polar surface area (TPSA) is 42.0 Å². The largest absolute Gasteiger partial charge is 0.352 e. The van der Waals surface area contributed by atoms with Crippen molar-refractivity contribution < 1.29 is 4.79 Å². The number of carbonyl (C=O) groups excluding carboxylic acids is 1. The quantitative estimate of drug-likeness (QED) is 0.872. The molecule has 1 saturated heterocycles. The van der Waals surface area contributed by atoms with E-state index >= 15 is 0 Å². The normalized spacial score (nSPS) is 16.8. The summed E-state index contributed by atoms with van der Waals surface area (Å²) < 4.78 is 0.694. The van der Waals surface area contributed by atoms with Gasteiger partial charge in [-0.15, -0.1) is 0 Å². The molecule has 1 amide bonds. The zero-order valence-corrected chi connectivity index (χ0v) is 11.9. The fourth-order valence-electron chi connectivity index (χ4n) is 1.83. The van der Waals surface area contributed by atoms with Gasteiger partial charge in [-0.3, -0.25) is 4.79 Å². The average molecular weight is 315 g/mol. The van der Waals surface area contributed by atoms with E-state index in [9.17, 15) is 4.79 Å². The van der Waals surface area contributed by atoms with Gasteiger partial charge in [-0.1, -0.05) is 0 Å². The molecular weight excluding hydrogens is 300 g/mol. The molecule has 1 aromatic heterocycles. The minimum atomic E-state index is -0.00803. The van der Waals surface area contributed by atoms with E-state index in [4.69, 9.17) is 0 Å². The first kappa shape index (κ1) is 12.9. The van der Waals surface area contributed by atoms with Crippen LogP contribution in [0.15, 0.2) is 22.9 Å². The highest BCUT2D eigenvalue weighted by molar-refractivity contribution is 9.10. The number of carbonyl (C=O) groups is 1. The molecule has 3 nitrogen and oxygen atoms in total. The van der Waals surface area contributed by atoms with Crippen LogP contribution in [0.1, 0.15) is 23.2 Å². The van der Waals surface area contributed by atoms with Crippen molar-refractivity contribution in [2.75, 3.05) is 18.1 Å². The van der Waals surface area contributed by atoms with E-state index in [1.54, 1.807) is 18.3 Å². The average Bonchev–Trinajstić information content (AvgIpc) is 2.37. The molecule has 0 aromatic carbocycles. The van der Waals surface area contributed by atoms with E-state index in [1.165, 1.54) is 24.3 Å². The van der Waals surface area contributed by atoms with Crippen LogP contribution in [0.25, 0.3) is 0 Å². The van der Waals surface area contributed by atoms with Crippen molar-refractivity contribution >= 4 is 33.6 Å². The maximum Gasteiger partial charge on any atom is 0.251 e. The van der Waals surface area contributed by atoms with Crippen molar-refractivity contribution in [3.63, 3.8) is 0 Å². The first-order valence-corrected chi connectivity index (χ1v) is 7.68. The molecule has 17 heavy (non-hydrogen) atoms. The van der Waals surface area contributed by atoms with Crippen LogP contribution in [0.3, 0.4) is 0 Å². The lowest BCUT2D eigenvalue weighted by Gasteiger charge is -2.21. The maximum atomic E-state index is 11.9. The molecule has 0 aliphatic carbocycles. The van der Waals surface area contributed by atoms with Crippen molar-refractivity contribution in [2.45, 2.75) is 12.8 Å². The van der Waals surface area contributed by atoms with E-state index in [2.05, 4.69) is 26.2 Å². The molecule has 92 valence electrons. The fraction of sp³-hybridized carbons (Fsp3) is 0.500. The molecule has 2 rings (SSSR count). The standard InChI is InChI=1S/C12H15BrN2OS/c13-11-7-10(1-4-14-11)12(16)15-8-9-2-5-17-6-3-9/h1,4,7,9H,2-3,5-6,8H2,(H,15,16). The summed E-state index contributed by atoms with van der Waals surface area (Å²) in [5.41, 5.74) is 0.664. The highest BCUT2D eigenvalue weighted by Gasteiger charge is 2.15. The molecule has 0 radical (unpaired) electrons. The molecule has 1 aliphatic heterocycles. The van der Waals surface area contributed by atoms with Gasteiger partial charge in [0.1, 0.15) is 4.60 Å². The molecule has 0 unspecified atom stereocenters. The third-order valence-corrected chi connectivity index (χ3v) is 4.36. The molecule has 0 bridgehead atoms. The summed E-state index contributed by atoms with van der Waals surface area (Å²) in [6.45, 7) is 0.791. The number of halogens is 1. The summed E-state index contributed by atoms with van der Waals surface area (Å²) in [6, 6.07) is 3.48. The van der Waals surface area contributed by atoms with E-state index in [0.717, 1.165) is 6.54 Å². The monoisotopic (exact) mass is 314 g/mol. The Labute approximate surface area is 114 Å². The minimum absolute atomic E-state index is 0.00803. The number of nitrogens with zero attached hydrogens (tertiary/aromatic N) is 1. The van der Waals surface area contributed by atoms with Gasteiger partial charge < -0.3 is 5.32 Å². The lowest BCUT2D eigenvalue weighted by molar-refractivity contribution is 0.0946. The molecule has 1 fully saturated rings. The summed E-state index contributed by atoms with van der Waals surface area (Å²) >= 11 is 5.27. The van der Waals surface area contributed by atoms with Gasteiger partial charge in [0.2, 0.25) is 0 Å². The second kappa shape index (κ2) is 6.40. The summed E-state index contributed by atoms with van der Waals surface area (Å²) in [5.74, 6) is 3.08. The van der Waals surface area contributed by atoms with Crippen LogP contribution in [0.2, 0.25) is 0 Å². The second-order valence-corrected chi connectivity index (χ2v) is 6.17. The van der Waals surface area contributed by atoms with Crippen LogP contribution >= 0.6 is 27.7 Å². The molecular formula is C12H15BrN2OS. The number of hydrogen-bond donors (Lipinski definition) is 1. The lowest BCUT2D eigenvalue weighted by atomic mass is 10.0. The number of rotatable bonds is 3. The van der Waals surface area contributed by atoms with Gasteiger partial charge in [0.05, 0.1) is 0 Å². The van der Waals surface area contributed by atoms with Crippen LogP contribution < -0.4 is 5.32 Å². The number of amides is 1. The van der Waals surface area contributed by atoms with Crippen LogP contribution in [-0.4, -0.2) is 28.9 Å². The molecule has 5 heteroatoms. The first-order valence-electron chi connectivity index (χ1n) is 5.73. The van der Waals surface area contributed by atoms with Gasteiger partial charge in [0.25, 0.3) is 5.91 Å². The van der Waals surface area contributed by atoms with Crippen molar-refractivity contribution in [2.24, 2.45) is 5.92 Å². The van der Waals surface area contributed by atoms with Gasteiger partial charge in [0, 0.05) is 18.3 Å². The highest BCUT2D eigenvalue weighted by atomic mass is 79.9. The summed E-state index contributed by atoms with van der Waals surface area (Å²) in [6.07, 6.45) is 4.06. The van der Waals surface area contributed by atoms with Crippen molar-refractivity contribution in [1.82, 2.24) is 10.3 Å². The molecule has 0 spiro atoms. The Kier molecular flexibility index (Phi) is 4.86. The molecule has 0 saturated carbocycles. The van der Waals surface area contributed by atoms with Gasteiger partial charge in [0.15, 0.2) is 0 Å². The van der Waals surface area contributed by atoms with E-state index < -0.39 is 0 Å². The number of aromatic nitrogens is 1. The van der Waals surface area contributed by atoms with Gasteiger partial charge in [-0.05, 0) is 58.3 Å². The predicted molar refractivity (Wildman–Crippen MR) is 74.3 cm³/mol. The Morgan fingerprint density at radius 1 is 1.53 bits per heavy atom. The Balaban J connectivity index is 1.84. The second-order valence-electron chi connectivity index (χ2n) is 4.13. The van der Waals surface area contributed by atoms with Crippen molar-refractivity contribution in [1.29, 1.82) is 0 Å². The number of hydrogen-bond acceptors (Lipinski definition) is 3. The number of pyridine rings is 1. The van der Waals surface area contributed by atoms with Gasteiger partial charge in [-0.25, -0.2) is 4.98 Å². The number of thioether (sulfide) groups is 1. The third-order valence-electron chi connectivity index (χ3n) is 2.88. The molecule has 1 N–H and O–H groups in total. The van der Waals surface area contributed by atoms with Crippen molar-refractivity contribution in [3.05, 3.63) is 28.5 Å². The van der Waals surface area contributed by atoms with Gasteiger partial charge in [-0.2, -0.15) is 11.8 Å². The van der Waals surface area contributed by atoms with Crippen LogP contribution in [-0.2, 0) is 0 Å². The SMILES string of the molecule is O=C(NCC1CCSCC1)c1ccnc(Br)c1. The molecule has 0 atom stereocenters. The molecule has 1 aliphatic rings. The molecule has 2 heterocycles. The maximum absolute atomic E-state index is 11.9. The van der Waals surface area contributed by atoms with Gasteiger partial charge >= 0.3 is 0 Å². The minimum Gasteiger partial charge on any atom is -0.352 e. The smallest absolute Gasteiger partial charge is 0.251 e. The zero-order valence-electron chi connectivity index (χ0n) is 9.49. The third kappa shape index (κ3) is 4.00. The Morgan fingerprint density at radius 2 is 2.29 bits per heavy atom. The van der Waals surface area contributed by atoms with E-state index in [-0.39, 0.29) is 5.91 Å². The highest BCUT2D eigenvalue weighted by Crippen LogP contribution is 2.21. The zero-order chi connectivity index (χ0) is 12.1. The number of nitrogens with one attached hydrogen (secondary N) is 1. The summed E-state index contributed by atoms with van der Waals surface area (Å²) in [4.78, 5) is 15.9. The van der Waals surface area contributed by atoms with E-state index in [1.807, 2.05) is 11.8 Å². The Hall–Kier alpha value is -0.550. The van der Waals surface area contributed by atoms with Crippen LogP contribution in [0, 0.1) is 5.92 Å². The Morgan fingerprint density at radius 3 is 3.00 bits per heavy atom. The van der Waals surface area contributed by atoms with Crippen LogP contribution in [0.5, 0.6) is 0 Å². The Bertz CT molecular complexity index is 394. The summed E-state index contributed by atoms with van der Waals surface area (Å²) in [5, 5.41) is 3.00. The lowest BCUT2D eigenvalue weighted by Crippen LogP contribution is -2.30. The first-order chi connectivity index (χ1) is 8.25. The van der Waals surface area contributed by atoms with E-state index in [0.29, 0.717) is 16.1 Å². The predicted octanol–water partition coefficient (Wildman–Crippen LogP) is 2.72. The fourth-order valence-corrected chi connectivity index (χ4v) is 3.40. The van der Waals surface area contributed by atoms with Crippen LogP contribution in [0.4, 0.5) is 0 Å². The molecule has 1 aromatic rings. The van der Waals surface area contributed by atoms with Crippen molar-refractivity contribution in [3.8, 4) is 0 Å². The summed E-state index contributed by atoms with van der Waals surface area (Å²) in [7, 11) is 0.